The lowest BCUT2D eigenvalue weighted by atomic mass is 9.94. The van der Waals surface area contributed by atoms with Crippen molar-refractivity contribution >= 4 is 39.8 Å². The van der Waals surface area contributed by atoms with Crippen LogP contribution in [0.25, 0.3) is 0 Å². The molecule has 1 aliphatic carbocycles. The molecule has 2 aliphatic rings. The normalized spacial score (nSPS) is 24.0. The Kier molecular flexibility index (Phi) is 8.93. The minimum Gasteiger partial charge on any atom is -0.355 e. The van der Waals surface area contributed by atoms with Crippen LogP contribution < -0.4 is 5.32 Å². The highest BCUT2D eigenvalue weighted by molar-refractivity contribution is 14.0. The summed E-state index contributed by atoms with van der Waals surface area (Å²) < 4.78 is 23.6. The van der Waals surface area contributed by atoms with E-state index in [9.17, 15) is 8.42 Å². The Bertz CT molecular complexity index is 545. The number of nitrogens with zero attached hydrogens (tertiary/aromatic N) is 3. The van der Waals surface area contributed by atoms with Crippen molar-refractivity contribution in [3.05, 3.63) is 0 Å². The van der Waals surface area contributed by atoms with Crippen molar-refractivity contribution in [3.63, 3.8) is 0 Å². The van der Waals surface area contributed by atoms with Crippen molar-refractivity contribution in [2.24, 2.45) is 4.99 Å². The topological polar surface area (TPSA) is 65.0 Å². The van der Waals surface area contributed by atoms with E-state index in [0.717, 1.165) is 19.0 Å². The van der Waals surface area contributed by atoms with Crippen LogP contribution in [0.1, 0.15) is 46.0 Å². The summed E-state index contributed by atoms with van der Waals surface area (Å²) in [5, 5.41) is 3.41. The lowest BCUT2D eigenvalue weighted by molar-refractivity contribution is 0.194. The molecular weight excluding hydrogens is 451 g/mol. The Morgan fingerprint density at radius 1 is 1.28 bits per heavy atom. The third kappa shape index (κ3) is 5.95. The van der Waals surface area contributed by atoms with E-state index in [-0.39, 0.29) is 29.7 Å². The summed E-state index contributed by atoms with van der Waals surface area (Å²) in [5.41, 5.74) is 0. The molecule has 0 spiro atoms. The van der Waals surface area contributed by atoms with E-state index in [4.69, 9.17) is 0 Å². The molecule has 8 heteroatoms. The Labute approximate surface area is 170 Å². The van der Waals surface area contributed by atoms with Gasteiger partial charge in [-0.15, -0.1) is 24.0 Å². The van der Waals surface area contributed by atoms with Gasteiger partial charge in [0.05, 0.1) is 10.5 Å². The fraction of sp³-hybridized carbons (Fsp3) is 0.941. The van der Waals surface area contributed by atoms with Crippen LogP contribution in [0.15, 0.2) is 4.99 Å². The van der Waals surface area contributed by atoms with Crippen molar-refractivity contribution in [2.45, 2.75) is 56.7 Å². The van der Waals surface area contributed by atoms with Gasteiger partial charge in [0.25, 0.3) is 0 Å². The number of sulfone groups is 1. The molecule has 25 heavy (non-hydrogen) atoms. The van der Waals surface area contributed by atoms with Gasteiger partial charge in [-0.1, -0.05) is 19.3 Å². The number of rotatable bonds is 4. The summed E-state index contributed by atoms with van der Waals surface area (Å²) in [4.78, 5) is 8.87. The molecule has 0 bridgehead atoms. The van der Waals surface area contributed by atoms with E-state index >= 15 is 0 Å². The number of likely N-dealkylation sites (N-methyl/N-ethyl adjacent to an activating group) is 1. The Morgan fingerprint density at radius 2 is 1.92 bits per heavy atom. The first-order valence-corrected chi connectivity index (χ1v) is 10.8. The quantitative estimate of drug-likeness (QED) is 0.374. The molecule has 1 heterocycles. The Balaban J connectivity index is 0.00000312. The molecule has 1 N–H and O–H groups in total. The smallest absolute Gasteiger partial charge is 0.193 e. The maximum atomic E-state index is 12.1. The first-order chi connectivity index (χ1) is 11.3. The van der Waals surface area contributed by atoms with Crippen LogP contribution in [0.4, 0.5) is 0 Å². The lowest BCUT2D eigenvalue weighted by Crippen LogP contribution is -2.57. The second-order valence-electron chi connectivity index (χ2n) is 7.75. The summed E-state index contributed by atoms with van der Waals surface area (Å²) in [6.07, 6.45) is 6.69. The lowest BCUT2D eigenvalue weighted by Gasteiger charge is -2.39. The summed E-state index contributed by atoms with van der Waals surface area (Å²) in [6, 6.07) is 0.710. The maximum Gasteiger partial charge on any atom is 0.193 e. The van der Waals surface area contributed by atoms with E-state index < -0.39 is 14.6 Å². The molecule has 0 atom stereocenters. The van der Waals surface area contributed by atoms with Gasteiger partial charge in [-0.25, -0.2) is 8.42 Å². The van der Waals surface area contributed by atoms with Gasteiger partial charge in [0, 0.05) is 39.3 Å². The fourth-order valence-electron chi connectivity index (χ4n) is 3.71. The number of guanidine groups is 1. The minimum absolute atomic E-state index is 0. The van der Waals surface area contributed by atoms with Gasteiger partial charge in [-0.3, -0.25) is 4.99 Å². The van der Waals surface area contributed by atoms with E-state index in [0.29, 0.717) is 19.1 Å². The molecule has 1 saturated carbocycles. The Morgan fingerprint density at radius 3 is 2.48 bits per heavy atom. The second-order valence-corrected chi connectivity index (χ2v) is 10.5. The van der Waals surface area contributed by atoms with Crippen molar-refractivity contribution in [1.82, 2.24) is 15.1 Å². The largest absolute Gasteiger partial charge is 0.355 e. The molecule has 0 unspecified atom stereocenters. The molecule has 0 aromatic rings. The molecule has 2 rings (SSSR count). The van der Waals surface area contributed by atoms with Crippen LogP contribution in [-0.4, -0.2) is 81.0 Å². The highest BCUT2D eigenvalue weighted by Gasteiger charge is 2.40. The predicted octanol–water partition coefficient (Wildman–Crippen LogP) is 1.95. The van der Waals surface area contributed by atoms with Gasteiger partial charge < -0.3 is 15.1 Å². The average molecular weight is 486 g/mol. The first kappa shape index (κ1) is 23.0. The van der Waals surface area contributed by atoms with Crippen LogP contribution >= 0.6 is 24.0 Å². The summed E-state index contributed by atoms with van der Waals surface area (Å²) in [6.45, 7) is 6.44. The van der Waals surface area contributed by atoms with E-state index in [1.807, 2.05) is 0 Å². The third-order valence-electron chi connectivity index (χ3n) is 5.50. The molecule has 0 radical (unpaired) electrons. The number of hydrogen-bond donors (Lipinski definition) is 1. The molecule has 1 saturated heterocycles. The zero-order valence-electron chi connectivity index (χ0n) is 16.1. The molecule has 0 aromatic carbocycles. The van der Waals surface area contributed by atoms with Crippen LogP contribution in [-0.2, 0) is 9.84 Å². The standard InChI is InChI=1S/C17H34N4O2S.HI/c1-17(2)14-21(12-13-24(17,22)23)16(18-3)19-10-11-20(4)15-8-6-5-7-9-15;/h15H,5-14H2,1-4H3,(H,18,19);1H. The average Bonchev–Trinajstić information content (AvgIpc) is 2.55. The molecule has 6 nitrogen and oxygen atoms in total. The monoisotopic (exact) mass is 486 g/mol. The molecule has 2 fully saturated rings. The van der Waals surface area contributed by atoms with E-state index in [2.05, 4.69) is 27.2 Å². The molecule has 0 amide bonds. The van der Waals surface area contributed by atoms with E-state index in [1.54, 1.807) is 20.9 Å². The maximum absolute atomic E-state index is 12.1. The highest BCUT2D eigenvalue weighted by Crippen LogP contribution is 2.24. The first-order valence-electron chi connectivity index (χ1n) is 9.15. The van der Waals surface area contributed by atoms with Gasteiger partial charge >= 0.3 is 0 Å². The van der Waals surface area contributed by atoms with Crippen LogP contribution in [0.3, 0.4) is 0 Å². The Hall–Kier alpha value is -0.0900. The molecule has 1 aliphatic heterocycles. The van der Waals surface area contributed by atoms with Crippen LogP contribution in [0.2, 0.25) is 0 Å². The SMILES string of the molecule is CN=C(NCCN(C)C1CCCCC1)N1CCS(=O)(=O)C(C)(C)C1.I. The van der Waals surface area contributed by atoms with Crippen molar-refractivity contribution in [1.29, 1.82) is 0 Å². The van der Waals surface area contributed by atoms with E-state index in [1.165, 1.54) is 32.1 Å². The number of aliphatic imine (C=N–C) groups is 1. The fourth-order valence-corrected chi connectivity index (χ4v) is 5.07. The van der Waals surface area contributed by atoms with Gasteiger partial charge in [0.1, 0.15) is 0 Å². The zero-order valence-corrected chi connectivity index (χ0v) is 19.3. The van der Waals surface area contributed by atoms with Gasteiger partial charge in [-0.05, 0) is 33.7 Å². The number of hydrogen-bond acceptors (Lipinski definition) is 4. The second kappa shape index (κ2) is 9.73. The van der Waals surface area contributed by atoms with Crippen molar-refractivity contribution < 1.29 is 8.42 Å². The van der Waals surface area contributed by atoms with Crippen LogP contribution in [0.5, 0.6) is 0 Å². The predicted molar refractivity (Wildman–Crippen MR) is 116 cm³/mol. The van der Waals surface area contributed by atoms with Crippen molar-refractivity contribution in [2.75, 3.05) is 46.0 Å². The van der Waals surface area contributed by atoms with Gasteiger partial charge in [0.2, 0.25) is 0 Å². The zero-order chi connectivity index (χ0) is 17.8. The molecule has 148 valence electrons. The highest BCUT2D eigenvalue weighted by atomic mass is 127. The molecular formula is C17H35IN4O2S. The third-order valence-corrected chi connectivity index (χ3v) is 8.03. The summed E-state index contributed by atoms with van der Waals surface area (Å²) in [7, 11) is 0.956. The number of nitrogens with one attached hydrogen (secondary N) is 1. The van der Waals surface area contributed by atoms with Crippen molar-refractivity contribution in [3.8, 4) is 0 Å². The number of halogens is 1. The molecule has 0 aromatic heterocycles. The van der Waals surface area contributed by atoms with Gasteiger partial charge in [-0.2, -0.15) is 0 Å². The minimum atomic E-state index is -3.02. The van der Waals surface area contributed by atoms with Crippen LogP contribution in [0, 0.1) is 0 Å². The summed E-state index contributed by atoms with van der Waals surface area (Å²) in [5.74, 6) is 1.01. The van der Waals surface area contributed by atoms with Gasteiger partial charge in [0.15, 0.2) is 15.8 Å². The summed E-state index contributed by atoms with van der Waals surface area (Å²) >= 11 is 0.